The Labute approximate surface area is 183 Å². The number of alkyl halides is 2. The van der Waals surface area contributed by atoms with Crippen LogP contribution in [0.4, 0.5) is 8.78 Å². The Morgan fingerprint density at radius 3 is 2.74 bits per heavy atom. The van der Waals surface area contributed by atoms with Gasteiger partial charge in [0, 0.05) is 6.54 Å². The molecule has 0 unspecified atom stereocenters. The third kappa shape index (κ3) is 7.41. The first-order valence-corrected chi connectivity index (χ1v) is 10.8. The number of amides is 1. The molecule has 0 saturated heterocycles. The third-order valence-corrected chi connectivity index (χ3v) is 5.21. The topological polar surface area (TPSA) is 80.5 Å². The normalized spacial score (nSPS) is 11.3. The Kier molecular flexibility index (Phi) is 8.48. The molecular formula is C21H24F2N4O3S. The van der Waals surface area contributed by atoms with Crippen LogP contribution in [0.25, 0.3) is 10.8 Å². The number of hydrogen-bond acceptors (Lipinski definition) is 7. The predicted molar refractivity (Wildman–Crippen MR) is 113 cm³/mol. The summed E-state index contributed by atoms with van der Waals surface area (Å²) in [6, 6.07) is 10.2. The van der Waals surface area contributed by atoms with Gasteiger partial charge in [-0.25, -0.2) is 0 Å². The van der Waals surface area contributed by atoms with Crippen LogP contribution in [0.15, 0.2) is 46.2 Å². The van der Waals surface area contributed by atoms with Crippen molar-refractivity contribution in [3.63, 3.8) is 0 Å². The maximum atomic E-state index is 12.4. The SMILES string of the molecule is CCCN(CC(=O)NCCc1ccc(OC(F)F)cc1)Cc1nnc(-c2cccs2)o1. The van der Waals surface area contributed by atoms with Crippen molar-refractivity contribution < 1.29 is 22.7 Å². The fourth-order valence-corrected chi connectivity index (χ4v) is 3.63. The van der Waals surface area contributed by atoms with Crippen LogP contribution in [0, 0.1) is 0 Å². The summed E-state index contributed by atoms with van der Waals surface area (Å²) in [5.74, 6) is 0.956. The monoisotopic (exact) mass is 450 g/mol. The number of nitrogens with one attached hydrogen (secondary N) is 1. The van der Waals surface area contributed by atoms with Crippen LogP contribution >= 0.6 is 11.3 Å². The Morgan fingerprint density at radius 1 is 1.26 bits per heavy atom. The number of benzene rings is 1. The van der Waals surface area contributed by atoms with Crippen molar-refractivity contribution in [2.45, 2.75) is 32.9 Å². The third-order valence-electron chi connectivity index (χ3n) is 4.35. The highest BCUT2D eigenvalue weighted by Gasteiger charge is 2.15. The second kappa shape index (κ2) is 11.5. The number of thiophene rings is 1. The van der Waals surface area contributed by atoms with E-state index in [1.807, 2.05) is 29.3 Å². The van der Waals surface area contributed by atoms with E-state index in [1.54, 1.807) is 12.1 Å². The molecule has 0 fully saturated rings. The van der Waals surface area contributed by atoms with Crippen LogP contribution in [0.1, 0.15) is 24.8 Å². The molecule has 0 atom stereocenters. The minimum atomic E-state index is -2.84. The molecule has 1 N–H and O–H groups in total. The average molecular weight is 451 g/mol. The van der Waals surface area contributed by atoms with Gasteiger partial charge in [-0.3, -0.25) is 9.69 Å². The van der Waals surface area contributed by atoms with Gasteiger partial charge < -0.3 is 14.5 Å². The summed E-state index contributed by atoms with van der Waals surface area (Å²) in [6.45, 7) is 0.964. The molecule has 3 rings (SSSR count). The lowest BCUT2D eigenvalue weighted by Crippen LogP contribution is -2.38. The number of carbonyl (C=O) groups is 1. The fourth-order valence-electron chi connectivity index (χ4n) is 2.98. The molecule has 0 aliphatic carbocycles. The summed E-state index contributed by atoms with van der Waals surface area (Å²) in [6.07, 6.45) is 1.47. The Bertz CT molecular complexity index is 933. The Morgan fingerprint density at radius 2 is 2.06 bits per heavy atom. The van der Waals surface area contributed by atoms with Crippen LogP contribution in [0.3, 0.4) is 0 Å². The Hall–Kier alpha value is -2.85. The number of ether oxygens (including phenoxy) is 1. The zero-order valence-corrected chi connectivity index (χ0v) is 17.9. The lowest BCUT2D eigenvalue weighted by Gasteiger charge is -2.19. The van der Waals surface area contributed by atoms with Gasteiger partial charge in [-0.15, -0.1) is 21.5 Å². The molecule has 10 heteroatoms. The lowest BCUT2D eigenvalue weighted by atomic mass is 10.1. The van der Waals surface area contributed by atoms with Gasteiger partial charge >= 0.3 is 6.61 Å². The smallest absolute Gasteiger partial charge is 0.387 e. The van der Waals surface area contributed by atoms with E-state index in [1.165, 1.54) is 23.5 Å². The molecule has 0 saturated carbocycles. The first-order valence-electron chi connectivity index (χ1n) is 9.92. The zero-order chi connectivity index (χ0) is 22.1. The molecule has 0 radical (unpaired) electrons. The molecule has 2 heterocycles. The molecule has 0 aliphatic rings. The van der Waals surface area contributed by atoms with E-state index in [-0.39, 0.29) is 18.2 Å². The highest BCUT2D eigenvalue weighted by Crippen LogP contribution is 2.23. The van der Waals surface area contributed by atoms with Crippen LogP contribution in [0.2, 0.25) is 0 Å². The molecule has 7 nitrogen and oxygen atoms in total. The Balaban J connectivity index is 1.44. The van der Waals surface area contributed by atoms with Crippen molar-refractivity contribution >= 4 is 17.2 Å². The number of aromatic nitrogens is 2. The highest BCUT2D eigenvalue weighted by atomic mass is 32.1. The second-order valence-electron chi connectivity index (χ2n) is 6.81. The first-order chi connectivity index (χ1) is 15.0. The van der Waals surface area contributed by atoms with E-state index in [0.29, 0.717) is 31.3 Å². The van der Waals surface area contributed by atoms with Gasteiger partial charge in [-0.05, 0) is 48.5 Å². The van der Waals surface area contributed by atoms with Gasteiger partial charge in [-0.1, -0.05) is 25.1 Å². The minimum absolute atomic E-state index is 0.107. The minimum Gasteiger partial charge on any atom is -0.435 e. The van der Waals surface area contributed by atoms with Crippen molar-refractivity contribution in [1.82, 2.24) is 20.4 Å². The zero-order valence-electron chi connectivity index (χ0n) is 17.1. The molecule has 2 aromatic heterocycles. The molecule has 1 aromatic carbocycles. The summed E-state index contributed by atoms with van der Waals surface area (Å²) >= 11 is 1.53. The number of carbonyl (C=O) groups excluding carboxylic acids is 1. The fraction of sp³-hybridized carbons (Fsp3) is 0.381. The van der Waals surface area contributed by atoms with Gasteiger partial charge in [0.25, 0.3) is 5.89 Å². The van der Waals surface area contributed by atoms with Crippen LogP contribution in [-0.2, 0) is 17.8 Å². The maximum absolute atomic E-state index is 12.4. The maximum Gasteiger partial charge on any atom is 0.387 e. The molecular weight excluding hydrogens is 426 g/mol. The highest BCUT2D eigenvalue weighted by molar-refractivity contribution is 7.13. The average Bonchev–Trinajstić information content (AvgIpc) is 3.41. The van der Waals surface area contributed by atoms with E-state index in [9.17, 15) is 13.6 Å². The molecule has 0 bridgehead atoms. The van der Waals surface area contributed by atoms with E-state index >= 15 is 0 Å². The predicted octanol–water partition coefficient (Wildman–Crippen LogP) is 3.97. The van der Waals surface area contributed by atoms with Crippen LogP contribution < -0.4 is 10.1 Å². The van der Waals surface area contributed by atoms with Crippen molar-refractivity contribution in [1.29, 1.82) is 0 Å². The molecule has 1 amide bonds. The van der Waals surface area contributed by atoms with Crippen molar-refractivity contribution in [3.8, 4) is 16.5 Å². The molecule has 3 aromatic rings. The molecule has 166 valence electrons. The van der Waals surface area contributed by atoms with Gasteiger partial charge in [0.1, 0.15) is 5.75 Å². The van der Waals surface area contributed by atoms with Gasteiger partial charge in [0.05, 0.1) is 18.0 Å². The van der Waals surface area contributed by atoms with E-state index in [4.69, 9.17) is 4.42 Å². The van der Waals surface area contributed by atoms with Crippen LogP contribution in [-0.4, -0.2) is 47.3 Å². The summed E-state index contributed by atoms with van der Waals surface area (Å²) in [5.41, 5.74) is 0.916. The molecule has 31 heavy (non-hydrogen) atoms. The summed E-state index contributed by atoms with van der Waals surface area (Å²) in [5, 5.41) is 13.0. The quantitative estimate of drug-likeness (QED) is 0.450. The summed E-state index contributed by atoms with van der Waals surface area (Å²) < 4.78 is 34.4. The van der Waals surface area contributed by atoms with Crippen LogP contribution in [0.5, 0.6) is 5.75 Å². The van der Waals surface area contributed by atoms with E-state index in [0.717, 1.165) is 23.4 Å². The van der Waals surface area contributed by atoms with E-state index in [2.05, 4.69) is 20.3 Å². The lowest BCUT2D eigenvalue weighted by molar-refractivity contribution is -0.122. The summed E-state index contributed by atoms with van der Waals surface area (Å²) in [7, 11) is 0. The molecule has 0 aliphatic heterocycles. The number of nitrogens with zero attached hydrogens (tertiary/aromatic N) is 3. The largest absolute Gasteiger partial charge is 0.435 e. The van der Waals surface area contributed by atoms with Gasteiger partial charge in [0.2, 0.25) is 11.8 Å². The van der Waals surface area contributed by atoms with E-state index < -0.39 is 6.61 Å². The molecule has 0 spiro atoms. The number of hydrogen-bond donors (Lipinski definition) is 1. The number of halogens is 2. The van der Waals surface area contributed by atoms with Gasteiger partial charge in [-0.2, -0.15) is 8.78 Å². The standard InChI is InChI=1S/C21H24F2N4O3S/c1-2-11-27(14-19-25-26-20(30-19)17-4-3-12-31-17)13-18(28)24-10-9-15-5-7-16(8-6-15)29-21(22)23/h3-8,12,21H,2,9-11,13-14H2,1H3,(H,24,28). The second-order valence-corrected chi connectivity index (χ2v) is 7.76. The van der Waals surface area contributed by atoms with Crippen molar-refractivity contribution in [3.05, 3.63) is 53.2 Å². The van der Waals surface area contributed by atoms with Crippen molar-refractivity contribution in [2.75, 3.05) is 19.6 Å². The van der Waals surface area contributed by atoms with Gasteiger partial charge in [0.15, 0.2) is 0 Å². The number of rotatable bonds is 12. The summed E-state index contributed by atoms with van der Waals surface area (Å²) in [4.78, 5) is 15.2. The first kappa shape index (κ1) is 22.8. The van der Waals surface area contributed by atoms with Crippen molar-refractivity contribution in [2.24, 2.45) is 0 Å².